The molecule has 1 aliphatic rings. The van der Waals surface area contributed by atoms with E-state index >= 15 is 0 Å². The Kier molecular flexibility index (Phi) is 4.88. The van der Waals surface area contributed by atoms with E-state index in [1.807, 2.05) is 54.6 Å². The van der Waals surface area contributed by atoms with Crippen molar-refractivity contribution in [2.45, 2.75) is 18.8 Å². The molecule has 0 fully saturated rings. The number of fused-ring (bicyclic) bond motifs is 1. The number of hydrogen-bond donors (Lipinski definition) is 0. The summed E-state index contributed by atoms with van der Waals surface area (Å²) >= 11 is 0. The van der Waals surface area contributed by atoms with Crippen LogP contribution in [0.3, 0.4) is 0 Å². The molecule has 2 heterocycles. The van der Waals surface area contributed by atoms with E-state index in [4.69, 9.17) is 9.47 Å². The highest BCUT2D eigenvalue weighted by atomic mass is 16.5. The van der Waals surface area contributed by atoms with Gasteiger partial charge in [-0.3, -0.25) is 9.78 Å². The standard InChI is InChI=1S/C23H21NO3/c1-26-23-15-16(6-7-18(23)17-8-11-24-12-9-17)14-21(25)19-10-13-27-22-5-3-2-4-20(19)22/h2-9,11-12,15,19H,10,13-14H2,1H3. The molecule has 0 saturated carbocycles. The minimum absolute atomic E-state index is 0.110. The molecule has 0 spiro atoms. The lowest BCUT2D eigenvalue weighted by atomic mass is 9.86. The Morgan fingerprint density at radius 2 is 1.96 bits per heavy atom. The van der Waals surface area contributed by atoms with Crippen LogP contribution < -0.4 is 9.47 Å². The van der Waals surface area contributed by atoms with Crippen LogP contribution in [0.5, 0.6) is 11.5 Å². The van der Waals surface area contributed by atoms with E-state index in [-0.39, 0.29) is 11.7 Å². The largest absolute Gasteiger partial charge is 0.496 e. The fourth-order valence-corrected chi connectivity index (χ4v) is 3.62. The van der Waals surface area contributed by atoms with E-state index in [0.717, 1.165) is 40.2 Å². The number of para-hydroxylation sites is 1. The van der Waals surface area contributed by atoms with Crippen LogP contribution in [0.25, 0.3) is 11.1 Å². The molecule has 0 radical (unpaired) electrons. The van der Waals surface area contributed by atoms with Crippen LogP contribution in [0.1, 0.15) is 23.5 Å². The van der Waals surface area contributed by atoms with Crippen molar-refractivity contribution < 1.29 is 14.3 Å². The lowest BCUT2D eigenvalue weighted by Crippen LogP contribution is -2.22. The van der Waals surface area contributed by atoms with Crippen molar-refractivity contribution >= 4 is 5.78 Å². The van der Waals surface area contributed by atoms with Gasteiger partial charge in [0.05, 0.1) is 13.7 Å². The van der Waals surface area contributed by atoms with Gasteiger partial charge in [0.1, 0.15) is 17.3 Å². The van der Waals surface area contributed by atoms with Crippen molar-refractivity contribution in [3.05, 3.63) is 78.1 Å². The monoisotopic (exact) mass is 359 g/mol. The van der Waals surface area contributed by atoms with Crippen LogP contribution in [0.15, 0.2) is 67.0 Å². The molecular formula is C23H21NO3. The summed E-state index contributed by atoms with van der Waals surface area (Å²) in [4.78, 5) is 17.0. The fourth-order valence-electron chi connectivity index (χ4n) is 3.62. The van der Waals surface area contributed by atoms with E-state index < -0.39 is 0 Å². The van der Waals surface area contributed by atoms with Gasteiger partial charge in [0.25, 0.3) is 0 Å². The van der Waals surface area contributed by atoms with Crippen molar-refractivity contribution in [1.29, 1.82) is 0 Å². The number of methoxy groups -OCH3 is 1. The number of carbonyl (C=O) groups excluding carboxylic acids is 1. The highest BCUT2D eigenvalue weighted by molar-refractivity contribution is 5.89. The Labute approximate surface area is 158 Å². The van der Waals surface area contributed by atoms with E-state index in [9.17, 15) is 4.79 Å². The van der Waals surface area contributed by atoms with Gasteiger partial charge in [-0.2, -0.15) is 0 Å². The second-order valence-corrected chi connectivity index (χ2v) is 6.64. The first-order valence-electron chi connectivity index (χ1n) is 9.08. The third kappa shape index (κ3) is 3.56. The van der Waals surface area contributed by atoms with Crippen LogP contribution in [-0.4, -0.2) is 24.5 Å². The molecule has 1 aliphatic heterocycles. The van der Waals surface area contributed by atoms with Crippen LogP contribution in [0.2, 0.25) is 0 Å². The molecule has 27 heavy (non-hydrogen) atoms. The molecule has 3 aromatic rings. The summed E-state index contributed by atoms with van der Waals surface area (Å²) < 4.78 is 11.2. The number of aromatic nitrogens is 1. The van der Waals surface area contributed by atoms with Gasteiger partial charge < -0.3 is 9.47 Å². The Hall–Kier alpha value is -3.14. The zero-order valence-corrected chi connectivity index (χ0v) is 15.2. The first-order chi connectivity index (χ1) is 13.3. The normalized spacial score (nSPS) is 15.5. The maximum atomic E-state index is 13.0. The van der Waals surface area contributed by atoms with Gasteiger partial charge >= 0.3 is 0 Å². The number of carbonyl (C=O) groups is 1. The Morgan fingerprint density at radius 3 is 2.78 bits per heavy atom. The lowest BCUT2D eigenvalue weighted by Gasteiger charge is -2.25. The van der Waals surface area contributed by atoms with Crippen LogP contribution in [-0.2, 0) is 11.2 Å². The summed E-state index contributed by atoms with van der Waals surface area (Å²) in [6.45, 7) is 0.581. The number of ketones is 1. The molecule has 0 amide bonds. The molecule has 1 aromatic heterocycles. The Bertz CT molecular complexity index is 953. The molecular weight excluding hydrogens is 338 g/mol. The number of rotatable bonds is 5. The van der Waals surface area contributed by atoms with Crippen molar-refractivity contribution in [2.75, 3.05) is 13.7 Å². The summed E-state index contributed by atoms with van der Waals surface area (Å²) in [5, 5.41) is 0. The molecule has 0 saturated heterocycles. The summed E-state index contributed by atoms with van der Waals surface area (Å²) in [5.74, 6) is 1.69. The van der Waals surface area contributed by atoms with Gasteiger partial charge in [0.15, 0.2) is 0 Å². The fraction of sp³-hybridized carbons (Fsp3) is 0.217. The summed E-state index contributed by atoms with van der Waals surface area (Å²) in [6.07, 6.45) is 4.62. The molecule has 136 valence electrons. The van der Waals surface area contributed by atoms with Gasteiger partial charge in [0.2, 0.25) is 0 Å². The molecule has 1 unspecified atom stereocenters. The maximum Gasteiger partial charge on any atom is 0.144 e. The van der Waals surface area contributed by atoms with Crippen LogP contribution in [0, 0.1) is 0 Å². The second-order valence-electron chi connectivity index (χ2n) is 6.64. The molecule has 4 rings (SSSR count). The average molecular weight is 359 g/mol. The van der Waals surface area contributed by atoms with Crippen molar-refractivity contribution in [3.8, 4) is 22.6 Å². The zero-order chi connectivity index (χ0) is 18.6. The van der Waals surface area contributed by atoms with Crippen molar-refractivity contribution in [3.63, 3.8) is 0 Å². The van der Waals surface area contributed by atoms with Crippen molar-refractivity contribution in [1.82, 2.24) is 4.98 Å². The third-order valence-corrected chi connectivity index (χ3v) is 4.98. The minimum Gasteiger partial charge on any atom is -0.496 e. The Morgan fingerprint density at radius 1 is 1.15 bits per heavy atom. The molecule has 1 atom stereocenters. The molecule has 2 aromatic carbocycles. The van der Waals surface area contributed by atoms with E-state index in [0.29, 0.717) is 13.0 Å². The number of nitrogens with zero attached hydrogens (tertiary/aromatic N) is 1. The first kappa shape index (κ1) is 17.3. The maximum absolute atomic E-state index is 13.0. The summed E-state index contributed by atoms with van der Waals surface area (Å²) in [6, 6.07) is 17.7. The number of Topliss-reactive ketones (excluding diaryl/α,β-unsaturated/α-hetero) is 1. The van der Waals surface area contributed by atoms with Gasteiger partial charge in [-0.05, 0) is 41.8 Å². The smallest absolute Gasteiger partial charge is 0.144 e. The van der Waals surface area contributed by atoms with Gasteiger partial charge in [0, 0.05) is 35.9 Å². The predicted molar refractivity (Wildman–Crippen MR) is 104 cm³/mol. The summed E-state index contributed by atoms with van der Waals surface area (Å²) in [5.41, 5.74) is 3.98. The topological polar surface area (TPSA) is 48.4 Å². The molecule has 0 N–H and O–H groups in total. The number of pyridine rings is 1. The highest BCUT2D eigenvalue weighted by Gasteiger charge is 2.27. The van der Waals surface area contributed by atoms with E-state index in [2.05, 4.69) is 4.98 Å². The molecule has 0 aliphatic carbocycles. The quantitative estimate of drug-likeness (QED) is 0.676. The number of hydrogen-bond acceptors (Lipinski definition) is 4. The van der Waals surface area contributed by atoms with Crippen LogP contribution >= 0.6 is 0 Å². The average Bonchev–Trinajstić information content (AvgIpc) is 2.73. The lowest BCUT2D eigenvalue weighted by molar-refractivity contribution is -0.120. The van der Waals surface area contributed by atoms with E-state index in [1.54, 1.807) is 19.5 Å². The van der Waals surface area contributed by atoms with Crippen LogP contribution in [0.4, 0.5) is 0 Å². The minimum atomic E-state index is -0.110. The van der Waals surface area contributed by atoms with Crippen molar-refractivity contribution in [2.24, 2.45) is 0 Å². The SMILES string of the molecule is COc1cc(CC(=O)C2CCOc3ccccc32)ccc1-c1ccncc1. The number of benzene rings is 2. The number of ether oxygens (including phenoxy) is 2. The Balaban J connectivity index is 1.58. The van der Waals surface area contributed by atoms with Gasteiger partial charge in [-0.15, -0.1) is 0 Å². The zero-order valence-electron chi connectivity index (χ0n) is 15.2. The van der Waals surface area contributed by atoms with Gasteiger partial charge in [-0.1, -0.05) is 30.3 Å². The molecule has 4 heteroatoms. The van der Waals surface area contributed by atoms with Gasteiger partial charge in [-0.25, -0.2) is 0 Å². The highest BCUT2D eigenvalue weighted by Crippen LogP contribution is 2.35. The van der Waals surface area contributed by atoms with E-state index in [1.165, 1.54) is 0 Å². The second kappa shape index (κ2) is 7.62. The summed E-state index contributed by atoms with van der Waals surface area (Å²) in [7, 11) is 1.65. The third-order valence-electron chi connectivity index (χ3n) is 4.98. The molecule has 0 bridgehead atoms. The first-order valence-corrected chi connectivity index (χ1v) is 9.08. The molecule has 4 nitrogen and oxygen atoms in total. The predicted octanol–water partition coefficient (Wildman–Crippen LogP) is 4.44.